The number of unbranched alkanes of at least 4 members (excludes halogenated alkanes) is 29. The van der Waals surface area contributed by atoms with Gasteiger partial charge in [-0.15, -0.1) is 0 Å². The van der Waals surface area contributed by atoms with Crippen molar-refractivity contribution in [1.82, 2.24) is 5.32 Å². The van der Waals surface area contributed by atoms with E-state index in [-0.39, 0.29) is 19.3 Å². The summed E-state index contributed by atoms with van der Waals surface area (Å²) in [5, 5.41) is 29.7. The maximum atomic E-state index is 10.3. The summed E-state index contributed by atoms with van der Waals surface area (Å²) in [7, 11) is 0. The van der Waals surface area contributed by atoms with Crippen LogP contribution in [0.5, 0.6) is 0 Å². The third kappa shape index (κ3) is 45.5. The highest BCUT2D eigenvalue weighted by Crippen LogP contribution is 2.15. The molecule has 0 aromatic rings. The van der Waals surface area contributed by atoms with Crippen molar-refractivity contribution >= 4 is 5.97 Å². The molecule has 0 bridgehead atoms. The van der Waals surface area contributed by atoms with Crippen LogP contribution in [0, 0.1) is 0 Å². The minimum Gasteiger partial charge on any atom is -0.481 e. The van der Waals surface area contributed by atoms with Crippen molar-refractivity contribution < 1.29 is 20.1 Å². The molecule has 0 aliphatic rings. The zero-order valence-corrected chi connectivity index (χ0v) is 30.8. The van der Waals surface area contributed by atoms with Gasteiger partial charge in [0.15, 0.2) is 0 Å². The van der Waals surface area contributed by atoms with Gasteiger partial charge in [-0.3, -0.25) is 4.79 Å². The van der Waals surface area contributed by atoms with Crippen LogP contribution in [0.15, 0.2) is 0 Å². The summed E-state index contributed by atoms with van der Waals surface area (Å²) in [5.41, 5.74) is 0. The first-order valence-electron chi connectivity index (χ1n) is 20.3. The molecule has 0 rings (SSSR count). The van der Waals surface area contributed by atoms with Crippen molar-refractivity contribution in [3.8, 4) is 0 Å². The summed E-state index contributed by atoms with van der Waals surface area (Å²) < 4.78 is 0. The van der Waals surface area contributed by atoms with Crippen LogP contribution in [0.2, 0.25) is 0 Å². The van der Waals surface area contributed by atoms with E-state index in [4.69, 9.17) is 10.2 Å². The van der Waals surface area contributed by atoms with Crippen LogP contribution in [0.3, 0.4) is 0 Å². The molecule has 0 aromatic heterocycles. The van der Waals surface area contributed by atoms with E-state index in [0.717, 1.165) is 19.3 Å². The van der Waals surface area contributed by atoms with Crippen LogP contribution >= 0.6 is 0 Å². The van der Waals surface area contributed by atoms with Gasteiger partial charge in [-0.1, -0.05) is 206 Å². The first kappa shape index (κ1) is 46.5. The molecule has 272 valence electrons. The number of carboxylic acids is 1. The van der Waals surface area contributed by atoms with Crippen LogP contribution in [0.4, 0.5) is 0 Å². The van der Waals surface area contributed by atoms with Crippen LogP contribution in [0.1, 0.15) is 226 Å². The molecular formula is C40H83NO4. The van der Waals surface area contributed by atoms with E-state index >= 15 is 0 Å². The summed E-state index contributed by atoms with van der Waals surface area (Å²) in [4.78, 5) is 10.3. The topological polar surface area (TPSA) is 89.8 Å². The fourth-order valence-corrected chi connectivity index (χ4v) is 6.11. The Hall–Kier alpha value is -0.650. The summed E-state index contributed by atoms with van der Waals surface area (Å²) in [6, 6.07) is 0.166. The highest BCUT2D eigenvalue weighted by Gasteiger charge is 2.05. The maximum absolute atomic E-state index is 10.3. The van der Waals surface area contributed by atoms with Crippen molar-refractivity contribution in [2.45, 2.75) is 232 Å². The second kappa shape index (κ2) is 43.4. The Morgan fingerprint density at radius 2 is 0.756 bits per heavy atom. The monoisotopic (exact) mass is 642 g/mol. The lowest BCUT2D eigenvalue weighted by molar-refractivity contribution is -0.137. The highest BCUT2D eigenvalue weighted by molar-refractivity contribution is 5.66. The highest BCUT2D eigenvalue weighted by atomic mass is 16.4. The van der Waals surface area contributed by atoms with Crippen LogP contribution < -0.4 is 5.32 Å². The van der Waals surface area contributed by atoms with Gasteiger partial charge in [0.25, 0.3) is 0 Å². The SMILES string of the molecule is CCCCCCCCCCCCCCCCCC(=O)O.CCCCCCCCCCCCCCCCCCC(CO)NCCO. The lowest BCUT2D eigenvalue weighted by Gasteiger charge is -2.15. The Morgan fingerprint density at radius 3 is 1.02 bits per heavy atom. The Balaban J connectivity index is 0. The summed E-state index contributed by atoms with van der Waals surface area (Å²) in [6.07, 6.45) is 43.5. The Labute approximate surface area is 282 Å². The quantitative estimate of drug-likeness (QED) is 0.0507. The smallest absolute Gasteiger partial charge is 0.303 e. The molecule has 4 N–H and O–H groups in total. The Kier molecular flexibility index (Phi) is 44.8. The zero-order valence-electron chi connectivity index (χ0n) is 30.8. The number of aliphatic hydroxyl groups excluding tert-OH is 2. The van der Waals surface area contributed by atoms with E-state index in [9.17, 15) is 9.90 Å². The lowest BCUT2D eigenvalue weighted by Crippen LogP contribution is -2.34. The molecule has 0 heterocycles. The fraction of sp³-hybridized carbons (Fsp3) is 0.975. The third-order valence-electron chi connectivity index (χ3n) is 9.17. The van der Waals surface area contributed by atoms with E-state index < -0.39 is 5.97 Å². The zero-order chi connectivity index (χ0) is 33.3. The van der Waals surface area contributed by atoms with Crippen molar-refractivity contribution in [3.63, 3.8) is 0 Å². The van der Waals surface area contributed by atoms with Gasteiger partial charge in [0.2, 0.25) is 0 Å². The molecule has 0 saturated heterocycles. The van der Waals surface area contributed by atoms with Crippen LogP contribution in [-0.4, -0.2) is 47.1 Å². The number of nitrogens with one attached hydrogen (secondary N) is 1. The maximum Gasteiger partial charge on any atom is 0.303 e. The van der Waals surface area contributed by atoms with E-state index in [1.54, 1.807) is 0 Å². The van der Waals surface area contributed by atoms with Gasteiger partial charge in [0.1, 0.15) is 0 Å². The molecule has 45 heavy (non-hydrogen) atoms. The third-order valence-corrected chi connectivity index (χ3v) is 9.17. The second-order valence-electron chi connectivity index (χ2n) is 13.7. The summed E-state index contributed by atoms with van der Waals surface area (Å²) in [6.45, 7) is 5.47. The first-order valence-corrected chi connectivity index (χ1v) is 20.3. The minimum absolute atomic E-state index is 0.148. The standard InChI is InChI=1S/C22H47NO2.C18H36O2/c1-2-3-4-5-6-7-8-9-10-11-12-13-14-15-16-17-18-22(21-25)23-19-20-24;1-2-3-4-5-6-7-8-9-10-11-12-13-14-15-16-17-18(19)20/h22-25H,2-21H2,1H3;2-17H2,1H3,(H,19,20). The molecule has 0 saturated carbocycles. The van der Waals surface area contributed by atoms with E-state index in [1.807, 2.05) is 0 Å². The van der Waals surface area contributed by atoms with Gasteiger partial charge < -0.3 is 20.6 Å². The Bertz CT molecular complexity index is 530. The summed E-state index contributed by atoms with van der Waals surface area (Å²) >= 11 is 0. The predicted octanol–water partition coefficient (Wildman–Crippen LogP) is 11.9. The molecule has 5 nitrogen and oxygen atoms in total. The van der Waals surface area contributed by atoms with Crippen LogP contribution in [-0.2, 0) is 4.79 Å². The van der Waals surface area contributed by atoms with Crippen molar-refractivity contribution in [1.29, 1.82) is 0 Å². The van der Waals surface area contributed by atoms with Crippen molar-refractivity contribution in [3.05, 3.63) is 0 Å². The number of hydrogen-bond acceptors (Lipinski definition) is 4. The lowest BCUT2D eigenvalue weighted by atomic mass is 10.0. The van der Waals surface area contributed by atoms with Gasteiger partial charge in [0.05, 0.1) is 13.2 Å². The molecule has 0 radical (unpaired) electrons. The van der Waals surface area contributed by atoms with E-state index in [0.29, 0.717) is 13.0 Å². The number of aliphatic carboxylic acids is 1. The van der Waals surface area contributed by atoms with Gasteiger partial charge in [-0.2, -0.15) is 0 Å². The molecule has 0 aromatic carbocycles. The second-order valence-corrected chi connectivity index (χ2v) is 13.7. The van der Waals surface area contributed by atoms with Crippen LogP contribution in [0.25, 0.3) is 0 Å². The average Bonchev–Trinajstić information content (AvgIpc) is 3.04. The first-order chi connectivity index (χ1) is 22.1. The Morgan fingerprint density at radius 1 is 0.467 bits per heavy atom. The predicted molar refractivity (Wildman–Crippen MR) is 197 cm³/mol. The molecule has 0 amide bonds. The van der Waals surface area contributed by atoms with Gasteiger partial charge in [-0.25, -0.2) is 0 Å². The van der Waals surface area contributed by atoms with E-state index in [2.05, 4.69) is 19.2 Å². The molecule has 0 fully saturated rings. The number of carboxylic acid groups (broad SMARTS) is 1. The van der Waals surface area contributed by atoms with Crippen molar-refractivity contribution in [2.24, 2.45) is 0 Å². The summed E-state index contributed by atoms with van der Waals surface area (Å²) in [5.74, 6) is -0.653. The average molecular weight is 642 g/mol. The molecule has 0 aliphatic carbocycles. The number of aliphatic hydroxyl groups is 2. The molecular weight excluding hydrogens is 558 g/mol. The molecule has 1 atom stereocenters. The largest absolute Gasteiger partial charge is 0.481 e. The van der Waals surface area contributed by atoms with Gasteiger partial charge in [0, 0.05) is 19.0 Å². The molecule has 1 unspecified atom stereocenters. The molecule has 5 heteroatoms. The number of hydrogen-bond donors (Lipinski definition) is 4. The van der Waals surface area contributed by atoms with Gasteiger partial charge >= 0.3 is 5.97 Å². The molecule has 0 aliphatic heterocycles. The normalized spacial score (nSPS) is 11.8. The van der Waals surface area contributed by atoms with Crippen molar-refractivity contribution in [2.75, 3.05) is 19.8 Å². The van der Waals surface area contributed by atoms with Gasteiger partial charge in [-0.05, 0) is 12.8 Å². The molecule has 0 spiro atoms. The number of carbonyl (C=O) groups is 1. The minimum atomic E-state index is -0.653. The van der Waals surface area contributed by atoms with E-state index in [1.165, 1.54) is 186 Å². The fourth-order valence-electron chi connectivity index (χ4n) is 6.11. The number of rotatable bonds is 37.